The maximum atomic E-state index is 12.6. The van der Waals surface area contributed by atoms with Crippen molar-refractivity contribution in [3.05, 3.63) is 36.5 Å². The van der Waals surface area contributed by atoms with E-state index in [0.717, 1.165) is 44.9 Å². The van der Waals surface area contributed by atoms with E-state index in [-0.39, 0.29) is 19.6 Å². The first-order chi connectivity index (χ1) is 21.3. The average molecular weight is 645 g/mol. The zero-order chi connectivity index (χ0) is 32.7. The topological polar surface area (TPSA) is 151 Å². The van der Waals surface area contributed by atoms with Crippen LogP contribution in [0.25, 0.3) is 0 Å². The van der Waals surface area contributed by atoms with E-state index < -0.39 is 38.6 Å². The van der Waals surface area contributed by atoms with Crippen LogP contribution in [0.3, 0.4) is 0 Å². The fraction of sp³-hybridized carbons (Fsp3) is 0.794. The summed E-state index contributed by atoms with van der Waals surface area (Å²) in [5.74, 6) is -0.467. The molecule has 0 aliphatic rings. The summed E-state index contributed by atoms with van der Waals surface area (Å²) in [6, 6.07) is -1.000. The van der Waals surface area contributed by atoms with Crippen LogP contribution in [0.5, 0.6) is 0 Å². The number of aliphatic hydroxyl groups excluding tert-OH is 2. The third-order valence-corrected chi connectivity index (χ3v) is 8.24. The molecule has 0 spiro atoms. The van der Waals surface area contributed by atoms with Gasteiger partial charge in [0.1, 0.15) is 0 Å². The van der Waals surface area contributed by atoms with Crippen LogP contribution in [0, 0.1) is 0 Å². The molecule has 10 heteroatoms. The molecule has 0 rings (SSSR count). The summed E-state index contributed by atoms with van der Waals surface area (Å²) in [6.45, 7) is 3.84. The van der Waals surface area contributed by atoms with E-state index in [1.807, 2.05) is 6.08 Å². The highest BCUT2D eigenvalue weighted by atomic mass is 31.2. The Morgan fingerprint density at radius 1 is 0.773 bits per heavy atom. The highest BCUT2D eigenvalue weighted by molar-refractivity contribution is 7.47. The van der Waals surface area contributed by atoms with Crippen molar-refractivity contribution in [2.24, 2.45) is 5.73 Å². The highest BCUT2D eigenvalue weighted by Gasteiger charge is 2.27. The van der Waals surface area contributed by atoms with Gasteiger partial charge in [0, 0.05) is 6.54 Å². The molecule has 0 aromatic carbocycles. The molecule has 0 saturated heterocycles. The minimum Gasteiger partial charge on any atom is -0.393 e. The molecule has 0 bridgehead atoms. The predicted molar refractivity (Wildman–Crippen MR) is 181 cm³/mol. The van der Waals surface area contributed by atoms with E-state index in [1.54, 1.807) is 6.08 Å². The summed E-state index contributed by atoms with van der Waals surface area (Å²) in [7, 11) is -4.40. The van der Waals surface area contributed by atoms with Gasteiger partial charge >= 0.3 is 7.82 Å². The summed E-state index contributed by atoms with van der Waals surface area (Å²) >= 11 is 0. The Morgan fingerprint density at radius 2 is 1.30 bits per heavy atom. The first-order valence-corrected chi connectivity index (χ1v) is 18.7. The van der Waals surface area contributed by atoms with Gasteiger partial charge in [-0.15, -0.1) is 0 Å². The molecule has 44 heavy (non-hydrogen) atoms. The van der Waals surface area contributed by atoms with Crippen molar-refractivity contribution in [2.45, 2.75) is 154 Å². The number of rotatable bonds is 31. The number of carbonyl (C=O) groups is 1. The normalized spacial score (nSPS) is 15.7. The molecular weight excluding hydrogens is 579 g/mol. The third-order valence-electron chi connectivity index (χ3n) is 7.25. The smallest absolute Gasteiger partial charge is 0.393 e. The second-order valence-corrected chi connectivity index (χ2v) is 13.0. The van der Waals surface area contributed by atoms with Gasteiger partial charge in [-0.05, 0) is 44.9 Å². The van der Waals surface area contributed by atoms with Crippen molar-refractivity contribution in [1.29, 1.82) is 0 Å². The molecule has 0 fully saturated rings. The van der Waals surface area contributed by atoms with Gasteiger partial charge in [-0.2, -0.15) is 0 Å². The largest absolute Gasteiger partial charge is 0.472 e. The molecule has 0 saturated carbocycles. The van der Waals surface area contributed by atoms with E-state index in [1.165, 1.54) is 57.8 Å². The Hall–Kier alpha value is -1.32. The number of hydrogen-bond acceptors (Lipinski definition) is 7. The molecular formula is C34H65N2O7P. The van der Waals surface area contributed by atoms with Crippen LogP contribution in [0.1, 0.15) is 136 Å². The van der Waals surface area contributed by atoms with E-state index >= 15 is 0 Å². The monoisotopic (exact) mass is 644 g/mol. The maximum Gasteiger partial charge on any atom is 0.472 e. The molecule has 0 aromatic heterocycles. The lowest BCUT2D eigenvalue weighted by atomic mass is 10.0. The Labute approximate surface area is 268 Å². The molecule has 258 valence electrons. The number of carbonyl (C=O) groups excluding carboxylic acids is 1. The predicted octanol–water partition coefficient (Wildman–Crippen LogP) is 7.41. The molecule has 4 atom stereocenters. The number of allylic oxidation sites excluding steroid dienone is 5. The molecule has 6 N–H and O–H groups in total. The van der Waals surface area contributed by atoms with Crippen LogP contribution in [0.2, 0.25) is 0 Å². The van der Waals surface area contributed by atoms with Gasteiger partial charge in [-0.25, -0.2) is 4.57 Å². The minimum absolute atomic E-state index is 0.0421. The summed E-state index contributed by atoms with van der Waals surface area (Å²) in [6.07, 6.45) is 29.6. The number of hydrogen-bond donors (Lipinski definition) is 5. The van der Waals surface area contributed by atoms with Crippen LogP contribution in [-0.4, -0.2) is 59.0 Å². The number of aliphatic hydroxyl groups is 2. The number of amides is 1. The van der Waals surface area contributed by atoms with Crippen molar-refractivity contribution in [3.8, 4) is 0 Å². The first kappa shape index (κ1) is 42.7. The highest BCUT2D eigenvalue weighted by Crippen LogP contribution is 2.43. The Morgan fingerprint density at radius 3 is 1.89 bits per heavy atom. The molecule has 0 aliphatic carbocycles. The van der Waals surface area contributed by atoms with Crippen LogP contribution < -0.4 is 11.1 Å². The van der Waals surface area contributed by atoms with Crippen molar-refractivity contribution < 1.29 is 33.5 Å². The van der Waals surface area contributed by atoms with Crippen molar-refractivity contribution >= 4 is 13.7 Å². The van der Waals surface area contributed by atoms with Gasteiger partial charge in [-0.3, -0.25) is 13.8 Å². The zero-order valence-electron chi connectivity index (χ0n) is 27.8. The van der Waals surface area contributed by atoms with Gasteiger partial charge in [0.15, 0.2) is 0 Å². The van der Waals surface area contributed by atoms with Gasteiger partial charge in [0.05, 0.1) is 37.9 Å². The number of nitrogens with two attached hydrogens (primary N) is 1. The molecule has 0 aromatic rings. The average Bonchev–Trinajstić information content (AvgIpc) is 2.99. The van der Waals surface area contributed by atoms with Gasteiger partial charge in [0.2, 0.25) is 5.91 Å². The lowest BCUT2D eigenvalue weighted by molar-refractivity contribution is -0.124. The lowest BCUT2D eigenvalue weighted by Gasteiger charge is -2.24. The van der Waals surface area contributed by atoms with Gasteiger partial charge in [0.25, 0.3) is 0 Å². The minimum atomic E-state index is -4.40. The van der Waals surface area contributed by atoms with E-state index in [4.69, 9.17) is 14.8 Å². The Balaban J connectivity index is 4.60. The molecule has 0 heterocycles. The van der Waals surface area contributed by atoms with E-state index in [2.05, 4.69) is 43.5 Å². The van der Waals surface area contributed by atoms with Crippen LogP contribution >= 0.6 is 7.82 Å². The van der Waals surface area contributed by atoms with Crippen LogP contribution in [0.4, 0.5) is 0 Å². The standard InChI is InChI=1S/C34H65N2O7P/c1-3-5-7-9-11-12-13-14-15-16-17-18-20-22-24-26-33(38)32(30-43-44(40,41)42-28-27-35)36-34(39)29-31(37)25-23-21-19-10-8-6-4-2/h13-14,17-18,24,26,31-33,37-38H,3-12,15-16,19-23,25,27-30,35H2,1-2H3,(H,36,39)(H,40,41)/b14-13+,18-17+,26-24+. The second-order valence-electron chi connectivity index (χ2n) is 11.5. The lowest BCUT2D eigenvalue weighted by Crippen LogP contribution is -2.46. The third kappa shape index (κ3) is 28.2. The van der Waals surface area contributed by atoms with Crippen LogP contribution in [0.15, 0.2) is 36.5 Å². The summed E-state index contributed by atoms with van der Waals surface area (Å²) in [5.41, 5.74) is 5.32. The summed E-state index contributed by atoms with van der Waals surface area (Å²) < 4.78 is 21.9. The maximum absolute atomic E-state index is 12.6. The van der Waals surface area contributed by atoms with Gasteiger partial charge in [-0.1, -0.05) is 121 Å². The SMILES string of the molecule is CCCCCCC/C=C/CC/C=C/CC/C=C/C(O)C(COP(=O)(O)OCCN)NC(=O)CC(O)CCCCCCCCC. The van der Waals surface area contributed by atoms with Crippen molar-refractivity contribution in [3.63, 3.8) is 0 Å². The second kappa shape index (κ2) is 30.3. The first-order valence-electron chi connectivity index (χ1n) is 17.2. The number of phosphoric acid groups is 1. The Kier molecular flexibility index (Phi) is 29.4. The van der Waals surface area contributed by atoms with Gasteiger partial charge < -0.3 is 26.2 Å². The summed E-state index contributed by atoms with van der Waals surface area (Å²) in [4.78, 5) is 22.5. The van der Waals surface area contributed by atoms with Crippen molar-refractivity contribution in [1.82, 2.24) is 5.32 Å². The van der Waals surface area contributed by atoms with Crippen LogP contribution in [-0.2, 0) is 18.4 Å². The van der Waals surface area contributed by atoms with E-state index in [9.17, 15) is 24.5 Å². The quantitative estimate of drug-likeness (QED) is 0.0297. The van der Waals surface area contributed by atoms with E-state index in [0.29, 0.717) is 12.8 Å². The molecule has 0 radical (unpaired) electrons. The molecule has 1 amide bonds. The fourth-order valence-electron chi connectivity index (χ4n) is 4.62. The fourth-order valence-corrected chi connectivity index (χ4v) is 5.38. The van der Waals surface area contributed by atoms with Crippen molar-refractivity contribution in [2.75, 3.05) is 19.8 Å². The zero-order valence-corrected chi connectivity index (χ0v) is 28.6. The molecule has 4 unspecified atom stereocenters. The number of unbranched alkanes of at least 4 members (excludes halogenated alkanes) is 13. The number of phosphoric ester groups is 1. The molecule has 0 aliphatic heterocycles. The number of nitrogens with one attached hydrogen (secondary N) is 1. The Bertz CT molecular complexity index is 806. The summed E-state index contributed by atoms with van der Waals surface area (Å²) in [5, 5.41) is 23.7. The molecule has 9 nitrogen and oxygen atoms in total.